The van der Waals surface area contributed by atoms with Crippen LogP contribution < -0.4 is 5.73 Å². The van der Waals surface area contributed by atoms with Crippen LogP contribution in [0.15, 0.2) is 4.99 Å². The molecular weight excluding hydrogens is 132 g/mol. The summed E-state index contributed by atoms with van der Waals surface area (Å²) in [6.07, 6.45) is -0.114. The number of hydrogen-bond acceptors (Lipinski definition) is 4. The van der Waals surface area contributed by atoms with Crippen molar-refractivity contribution in [3.63, 3.8) is 0 Å². The van der Waals surface area contributed by atoms with Crippen molar-refractivity contribution in [2.45, 2.75) is 19.1 Å². The average Bonchev–Trinajstić information content (AvgIpc) is 1.98. The number of nitrogens with zero attached hydrogens (tertiary/aromatic N) is 1. The Kier molecular flexibility index (Phi) is 5.10. The van der Waals surface area contributed by atoms with Gasteiger partial charge in [-0.3, -0.25) is 4.99 Å². The minimum atomic E-state index is -0.858. The van der Waals surface area contributed by atoms with Crippen molar-refractivity contribution in [1.29, 1.82) is 0 Å². The Labute approximate surface area is 60.4 Å². The quantitative estimate of drug-likeness (QED) is 0.434. The largest absolute Gasteiger partial charge is 0.389 e. The summed E-state index contributed by atoms with van der Waals surface area (Å²) >= 11 is 0. The maximum atomic E-state index is 9.01. The summed E-state index contributed by atoms with van der Waals surface area (Å²) in [6.45, 7) is 2.04. The first kappa shape index (κ1) is 9.55. The summed E-state index contributed by atoms with van der Waals surface area (Å²) in [4.78, 5) is 3.75. The molecule has 0 bridgehead atoms. The Morgan fingerprint density at radius 3 is 2.50 bits per heavy atom. The third-order valence-corrected chi connectivity index (χ3v) is 1.16. The lowest BCUT2D eigenvalue weighted by molar-refractivity contribution is 0.0316. The Bertz CT molecular complexity index is 106. The maximum absolute atomic E-state index is 9.01. The van der Waals surface area contributed by atoms with Gasteiger partial charge in [0.15, 0.2) is 0 Å². The first-order valence-corrected chi connectivity index (χ1v) is 3.23. The molecular formula is C6H14N2O2. The molecule has 0 aliphatic carbocycles. The van der Waals surface area contributed by atoms with Gasteiger partial charge >= 0.3 is 0 Å². The van der Waals surface area contributed by atoms with E-state index in [0.717, 1.165) is 0 Å². The van der Waals surface area contributed by atoms with E-state index in [-0.39, 0.29) is 13.1 Å². The number of aliphatic hydroxyl groups excluding tert-OH is 2. The van der Waals surface area contributed by atoms with E-state index < -0.39 is 12.2 Å². The third kappa shape index (κ3) is 3.55. The fraction of sp³-hybridized carbons (Fsp3) is 0.833. The van der Waals surface area contributed by atoms with Crippen LogP contribution in [0.3, 0.4) is 0 Å². The standard InChI is InChI=1S/C6H14N2O2/c1-2-8-4-6(10)5(9)3-7/h2,5-6,9-10H,3-4,7H2,1H3. The van der Waals surface area contributed by atoms with Crippen LogP contribution in [0.25, 0.3) is 0 Å². The van der Waals surface area contributed by atoms with Crippen molar-refractivity contribution in [2.75, 3.05) is 13.1 Å². The SMILES string of the molecule is CC=NCC(O)C(O)CN. The molecule has 0 aromatic rings. The second-order valence-corrected chi connectivity index (χ2v) is 1.99. The number of nitrogens with two attached hydrogens (primary N) is 1. The average molecular weight is 146 g/mol. The van der Waals surface area contributed by atoms with Gasteiger partial charge in [-0.05, 0) is 13.1 Å². The maximum Gasteiger partial charge on any atom is 0.101 e. The second kappa shape index (κ2) is 5.34. The minimum absolute atomic E-state index is 0.0698. The predicted molar refractivity (Wildman–Crippen MR) is 40.1 cm³/mol. The first-order chi connectivity index (χ1) is 4.72. The molecule has 2 atom stereocenters. The highest BCUT2D eigenvalue weighted by atomic mass is 16.3. The Morgan fingerprint density at radius 2 is 2.10 bits per heavy atom. The van der Waals surface area contributed by atoms with Crippen molar-refractivity contribution >= 4 is 6.21 Å². The molecule has 0 aliphatic rings. The highest BCUT2D eigenvalue weighted by molar-refractivity contribution is 5.53. The van der Waals surface area contributed by atoms with E-state index in [9.17, 15) is 0 Å². The van der Waals surface area contributed by atoms with Crippen LogP contribution in [-0.4, -0.2) is 41.7 Å². The number of aliphatic imine (C=N–C) groups is 1. The molecule has 0 fully saturated rings. The van der Waals surface area contributed by atoms with Crippen molar-refractivity contribution in [1.82, 2.24) is 0 Å². The van der Waals surface area contributed by atoms with E-state index in [4.69, 9.17) is 15.9 Å². The van der Waals surface area contributed by atoms with Crippen LogP contribution in [0.5, 0.6) is 0 Å². The Balaban J connectivity index is 3.50. The van der Waals surface area contributed by atoms with Gasteiger partial charge in [0, 0.05) is 6.54 Å². The molecule has 0 radical (unpaired) electrons. The zero-order chi connectivity index (χ0) is 7.98. The fourth-order valence-corrected chi connectivity index (χ4v) is 0.492. The van der Waals surface area contributed by atoms with Crippen LogP contribution in [0, 0.1) is 0 Å². The summed E-state index contributed by atoms with van der Waals surface area (Å²) in [6, 6.07) is 0. The second-order valence-electron chi connectivity index (χ2n) is 1.99. The van der Waals surface area contributed by atoms with E-state index in [1.54, 1.807) is 13.1 Å². The number of rotatable bonds is 4. The zero-order valence-electron chi connectivity index (χ0n) is 6.07. The van der Waals surface area contributed by atoms with Gasteiger partial charge in [-0.2, -0.15) is 0 Å². The molecule has 0 spiro atoms. The van der Waals surface area contributed by atoms with Crippen molar-refractivity contribution in [3.8, 4) is 0 Å². The van der Waals surface area contributed by atoms with Crippen LogP contribution in [-0.2, 0) is 0 Å². The van der Waals surface area contributed by atoms with Gasteiger partial charge in [0.1, 0.15) is 6.10 Å². The lowest BCUT2D eigenvalue weighted by atomic mass is 10.2. The zero-order valence-corrected chi connectivity index (χ0v) is 6.07. The van der Waals surface area contributed by atoms with Crippen LogP contribution >= 0.6 is 0 Å². The Hall–Kier alpha value is -0.450. The van der Waals surface area contributed by atoms with E-state index in [2.05, 4.69) is 4.99 Å². The molecule has 0 amide bonds. The van der Waals surface area contributed by atoms with Crippen LogP contribution in [0.1, 0.15) is 6.92 Å². The molecule has 0 aliphatic heterocycles. The summed E-state index contributed by atoms with van der Waals surface area (Å²) in [5.41, 5.74) is 5.08. The minimum Gasteiger partial charge on any atom is -0.389 e. The molecule has 0 rings (SSSR count). The molecule has 4 heteroatoms. The third-order valence-electron chi connectivity index (χ3n) is 1.16. The number of hydrogen-bond donors (Lipinski definition) is 3. The van der Waals surface area contributed by atoms with E-state index in [1.807, 2.05) is 0 Å². The van der Waals surface area contributed by atoms with Crippen molar-refractivity contribution in [3.05, 3.63) is 0 Å². The molecule has 4 N–H and O–H groups in total. The molecule has 2 unspecified atom stereocenters. The van der Waals surface area contributed by atoms with Crippen LogP contribution in [0.4, 0.5) is 0 Å². The lowest BCUT2D eigenvalue weighted by Crippen LogP contribution is -2.35. The highest BCUT2D eigenvalue weighted by Crippen LogP contribution is 1.90. The number of aliphatic hydroxyl groups is 2. The lowest BCUT2D eigenvalue weighted by Gasteiger charge is -2.12. The summed E-state index contributed by atoms with van der Waals surface area (Å²) in [7, 11) is 0. The fourth-order valence-electron chi connectivity index (χ4n) is 0.492. The van der Waals surface area contributed by atoms with E-state index in [1.165, 1.54) is 0 Å². The molecule has 0 heterocycles. The molecule has 10 heavy (non-hydrogen) atoms. The normalized spacial score (nSPS) is 17.6. The summed E-state index contributed by atoms with van der Waals surface area (Å²) < 4.78 is 0. The smallest absolute Gasteiger partial charge is 0.101 e. The molecule has 0 aromatic carbocycles. The van der Waals surface area contributed by atoms with Gasteiger partial charge < -0.3 is 15.9 Å². The molecule has 0 saturated heterocycles. The van der Waals surface area contributed by atoms with Gasteiger partial charge in [-0.1, -0.05) is 0 Å². The van der Waals surface area contributed by atoms with Crippen molar-refractivity contribution < 1.29 is 10.2 Å². The van der Waals surface area contributed by atoms with Gasteiger partial charge in [-0.25, -0.2) is 0 Å². The van der Waals surface area contributed by atoms with Crippen molar-refractivity contribution in [2.24, 2.45) is 10.7 Å². The highest BCUT2D eigenvalue weighted by Gasteiger charge is 2.12. The van der Waals surface area contributed by atoms with Crippen LogP contribution in [0.2, 0.25) is 0 Å². The van der Waals surface area contributed by atoms with Gasteiger partial charge in [0.2, 0.25) is 0 Å². The monoisotopic (exact) mass is 146 g/mol. The topological polar surface area (TPSA) is 78.8 Å². The van der Waals surface area contributed by atoms with Gasteiger partial charge in [-0.15, -0.1) is 0 Å². The summed E-state index contributed by atoms with van der Waals surface area (Å²) in [5, 5.41) is 17.9. The first-order valence-electron chi connectivity index (χ1n) is 3.23. The molecule has 4 nitrogen and oxygen atoms in total. The van der Waals surface area contributed by atoms with Gasteiger partial charge in [0.05, 0.1) is 12.6 Å². The molecule has 0 aromatic heterocycles. The van der Waals surface area contributed by atoms with E-state index in [0.29, 0.717) is 0 Å². The Morgan fingerprint density at radius 1 is 1.50 bits per heavy atom. The van der Waals surface area contributed by atoms with E-state index >= 15 is 0 Å². The van der Waals surface area contributed by atoms with Gasteiger partial charge in [0.25, 0.3) is 0 Å². The molecule has 60 valence electrons. The summed E-state index contributed by atoms with van der Waals surface area (Å²) in [5.74, 6) is 0. The predicted octanol–water partition coefficient (Wildman–Crippen LogP) is -1.24. The molecule has 0 saturated carbocycles.